The number of primary amides is 1. The van der Waals surface area contributed by atoms with Gasteiger partial charge in [-0.2, -0.15) is 0 Å². The molecule has 1 unspecified atom stereocenters. The molecule has 7 nitrogen and oxygen atoms in total. The number of carboxylic acids is 1. The summed E-state index contributed by atoms with van der Waals surface area (Å²) in [6.45, 7) is 0.363. The molecule has 5 N–H and O–H groups in total. The first-order chi connectivity index (χ1) is 7.93. The van der Waals surface area contributed by atoms with Gasteiger partial charge in [-0.25, -0.2) is 4.79 Å². The molecule has 0 aromatic heterocycles. The predicted molar refractivity (Wildman–Crippen MR) is 58.8 cm³/mol. The van der Waals surface area contributed by atoms with Gasteiger partial charge in [0.2, 0.25) is 11.8 Å². The fourth-order valence-corrected chi connectivity index (χ4v) is 1.97. The van der Waals surface area contributed by atoms with E-state index in [-0.39, 0.29) is 6.42 Å². The van der Waals surface area contributed by atoms with Gasteiger partial charge in [-0.15, -0.1) is 0 Å². The van der Waals surface area contributed by atoms with Crippen molar-refractivity contribution < 1.29 is 19.5 Å². The second kappa shape index (κ2) is 5.62. The molecule has 0 bridgehead atoms. The first kappa shape index (κ1) is 13.4. The Morgan fingerprint density at radius 2 is 2.00 bits per heavy atom. The fraction of sp³-hybridized carbons (Fsp3) is 0.700. The first-order valence-corrected chi connectivity index (χ1v) is 5.50. The van der Waals surface area contributed by atoms with E-state index in [0.29, 0.717) is 13.0 Å². The Hall–Kier alpha value is -1.63. The lowest BCUT2D eigenvalue weighted by molar-refractivity contribution is -0.152. The normalized spacial score (nSPS) is 21.9. The maximum Gasteiger partial charge on any atom is 0.326 e. The Kier molecular flexibility index (Phi) is 4.45. The fourth-order valence-electron chi connectivity index (χ4n) is 1.97. The highest BCUT2D eigenvalue weighted by molar-refractivity contribution is 5.90. The van der Waals surface area contributed by atoms with Gasteiger partial charge < -0.3 is 21.5 Å². The number of amides is 2. The van der Waals surface area contributed by atoms with Crippen molar-refractivity contribution >= 4 is 17.8 Å². The van der Waals surface area contributed by atoms with E-state index >= 15 is 0 Å². The predicted octanol–water partition coefficient (Wildman–Crippen LogP) is -1.35. The quantitative estimate of drug-likeness (QED) is 0.563. The summed E-state index contributed by atoms with van der Waals surface area (Å²) in [5.74, 6) is -2.23. The molecule has 96 valence electrons. The van der Waals surface area contributed by atoms with Crippen molar-refractivity contribution in [2.45, 2.75) is 37.8 Å². The van der Waals surface area contributed by atoms with E-state index in [1.54, 1.807) is 0 Å². The van der Waals surface area contributed by atoms with Crippen LogP contribution in [0.1, 0.15) is 25.7 Å². The van der Waals surface area contributed by atoms with Crippen LogP contribution in [-0.4, -0.2) is 46.4 Å². The minimum atomic E-state index is -1.05. The molecule has 1 aliphatic rings. The topological polar surface area (TPSA) is 127 Å². The summed E-state index contributed by atoms with van der Waals surface area (Å²) in [5, 5.41) is 8.99. The van der Waals surface area contributed by atoms with Crippen molar-refractivity contribution in [2.24, 2.45) is 11.5 Å². The summed E-state index contributed by atoms with van der Waals surface area (Å²) >= 11 is 0. The minimum Gasteiger partial charge on any atom is -0.480 e. The Labute approximate surface area is 98.7 Å². The van der Waals surface area contributed by atoms with E-state index in [2.05, 4.69) is 0 Å². The number of hydrogen-bond acceptors (Lipinski definition) is 4. The maximum atomic E-state index is 11.9. The van der Waals surface area contributed by atoms with Gasteiger partial charge in [-0.1, -0.05) is 0 Å². The van der Waals surface area contributed by atoms with Crippen LogP contribution in [-0.2, 0) is 14.4 Å². The average molecular weight is 243 g/mol. The molecule has 7 heteroatoms. The second-order valence-electron chi connectivity index (χ2n) is 4.16. The van der Waals surface area contributed by atoms with E-state index in [9.17, 15) is 14.4 Å². The van der Waals surface area contributed by atoms with E-state index in [1.165, 1.54) is 4.90 Å². The molecular weight excluding hydrogens is 226 g/mol. The van der Waals surface area contributed by atoms with Gasteiger partial charge in [0.1, 0.15) is 6.04 Å². The molecule has 1 heterocycles. The molecule has 0 aromatic rings. The highest BCUT2D eigenvalue weighted by Gasteiger charge is 2.34. The number of carbonyl (C=O) groups is 3. The molecule has 0 aliphatic carbocycles. The summed E-state index contributed by atoms with van der Waals surface area (Å²) in [5.41, 5.74) is 10.5. The van der Waals surface area contributed by atoms with Crippen LogP contribution in [0.3, 0.4) is 0 Å². The third-order valence-corrected chi connectivity index (χ3v) is 2.81. The number of piperidine rings is 1. The lowest BCUT2D eigenvalue weighted by Gasteiger charge is -2.34. The van der Waals surface area contributed by atoms with Crippen molar-refractivity contribution in [3.63, 3.8) is 0 Å². The van der Waals surface area contributed by atoms with Crippen LogP contribution in [0.4, 0.5) is 0 Å². The Balaban J connectivity index is 2.70. The number of carbonyl (C=O) groups excluding carboxylic acids is 2. The Morgan fingerprint density at radius 1 is 1.35 bits per heavy atom. The zero-order valence-corrected chi connectivity index (χ0v) is 9.46. The van der Waals surface area contributed by atoms with Crippen LogP contribution in [0.25, 0.3) is 0 Å². The van der Waals surface area contributed by atoms with Gasteiger partial charge in [0, 0.05) is 6.54 Å². The number of aliphatic carboxylic acids is 1. The van der Waals surface area contributed by atoms with E-state index < -0.39 is 29.9 Å². The summed E-state index contributed by atoms with van der Waals surface area (Å²) in [6.07, 6.45) is 1.68. The van der Waals surface area contributed by atoms with Crippen LogP contribution in [0.15, 0.2) is 0 Å². The summed E-state index contributed by atoms with van der Waals surface area (Å²) < 4.78 is 0. The third kappa shape index (κ3) is 3.42. The van der Waals surface area contributed by atoms with Crippen LogP contribution in [0, 0.1) is 0 Å². The number of rotatable bonds is 4. The number of hydrogen-bond donors (Lipinski definition) is 3. The molecular formula is C10H17N3O4. The van der Waals surface area contributed by atoms with Gasteiger partial charge in [0.25, 0.3) is 0 Å². The molecule has 2 atom stereocenters. The van der Waals surface area contributed by atoms with Gasteiger partial charge in [0.15, 0.2) is 0 Å². The zero-order valence-electron chi connectivity index (χ0n) is 9.46. The van der Waals surface area contributed by atoms with Crippen LogP contribution >= 0.6 is 0 Å². The van der Waals surface area contributed by atoms with Crippen LogP contribution < -0.4 is 11.5 Å². The van der Waals surface area contributed by atoms with Gasteiger partial charge in [-0.05, 0) is 19.3 Å². The van der Waals surface area contributed by atoms with E-state index in [0.717, 1.165) is 12.8 Å². The highest BCUT2D eigenvalue weighted by Crippen LogP contribution is 2.18. The smallest absolute Gasteiger partial charge is 0.326 e. The maximum absolute atomic E-state index is 11.9. The number of likely N-dealkylation sites (tertiary alicyclic amines) is 1. The number of carboxylic acid groups (broad SMARTS) is 1. The summed E-state index contributed by atoms with van der Waals surface area (Å²) in [7, 11) is 0. The molecule has 0 saturated carbocycles. The van der Waals surface area contributed by atoms with Crippen LogP contribution in [0.5, 0.6) is 0 Å². The van der Waals surface area contributed by atoms with Gasteiger partial charge in [0.05, 0.1) is 12.5 Å². The third-order valence-electron chi connectivity index (χ3n) is 2.81. The Bertz CT molecular complexity index is 332. The molecule has 17 heavy (non-hydrogen) atoms. The largest absolute Gasteiger partial charge is 0.480 e. The zero-order chi connectivity index (χ0) is 13.0. The molecule has 0 aromatic carbocycles. The lowest BCUT2D eigenvalue weighted by Crippen LogP contribution is -2.54. The van der Waals surface area contributed by atoms with Crippen LogP contribution in [0.2, 0.25) is 0 Å². The first-order valence-electron chi connectivity index (χ1n) is 5.50. The molecule has 1 rings (SSSR count). The van der Waals surface area contributed by atoms with Gasteiger partial charge in [-0.3, -0.25) is 9.59 Å². The van der Waals surface area contributed by atoms with Crippen molar-refractivity contribution in [2.75, 3.05) is 6.54 Å². The van der Waals surface area contributed by atoms with Gasteiger partial charge >= 0.3 is 5.97 Å². The molecule has 1 fully saturated rings. The van der Waals surface area contributed by atoms with Crippen molar-refractivity contribution in [3.8, 4) is 0 Å². The summed E-state index contributed by atoms with van der Waals surface area (Å²) in [4.78, 5) is 34.8. The molecule has 1 aliphatic heterocycles. The molecule has 1 saturated heterocycles. The van der Waals surface area contributed by atoms with E-state index in [1.807, 2.05) is 0 Å². The van der Waals surface area contributed by atoms with Crippen molar-refractivity contribution in [1.29, 1.82) is 0 Å². The summed E-state index contributed by atoms with van der Waals surface area (Å²) in [6, 6.07) is -1.89. The molecule has 0 spiro atoms. The Morgan fingerprint density at radius 3 is 2.53 bits per heavy atom. The van der Waals surface area contributed by atoms with Crippen molar-refractivity contribution in [3.05, 3.63) is 0 Å². The average Bonchev–Trinajstić information content (AvgIpc) is 2.27. The second-order valence-corrected chi connectivity index (χ2v) is 4.16. The standard InChI is InChI=1S/C10H17N3O4/c11-6(5-8(12)14)9(15)13-4-2-1-3-7(13)10(16)17/h6-7H,1-5,11H2,(H2,12,14)(H,16,17)/t6?,7-/m0/s1. The minimum absolute atomic E-state index is 0.262. The van der Waals surface area contributed by atoms with Crippen molar-refractivity contribution in [1.82, 2.24) is 4.90 Å². The lowest BCUT2D eigenvalue weighted by atomic mass is 10.0. The SMILES string of the molecule is NC(=O)CC(N)C(=O)N1CCCC[C@H]1C(=O)O. The molecule has 0 radical (unpaired) electrons. The number of nitrogens with two attached hydrogens (primary N) is 2. The highest BCUT2D eigenvalue weighted by atomic mass is 16.4. The monoisotopic (exact) mass is 243 g/mol. The molecule has 2 amide bonds. The van der Waals surface area contributed by atoms with E-state index in [4.69, 9.17) is 16.6 Å². The number of nitrogens with zero attached hydrogens (tertiary/aromatic N) is 1.